The van der Waals surface area contributed by atoms with Crippen molar-refractivity contribution in [3.05, 3.63) is 76.8 Å². The molecule has 0 atom stereocenters. The van der Waals surface area contributed by atoms with Crippen molar-refractivity contribution in [1.82, 2.24) is 14.8 Å². The minimum Gasteiger partial charge on any atom is -0.489 e. The Labute approximate surface area is 261 Å². The molecule has 6 rings (SSSR count). The standard InChI is InChI=1S/C37H46ClN3O2/c1-4-41-33-12-8-7-11-30(33)31-21-27(13-15-34(31)41)24-40-19-17-29(18-20-40)43-35-16-14-28(22-32(35)38)36(42)39-25-37(2,3)23-26-9-5-6-10-26/h7-8,11-16,21-22,26,29H,4-6,9-10,17-20,23-25H2,1-3H3,(H,39,42). The number of hydrogen-bond acceptors (Lipinski definition) is 3. The van der Waals surface area contributed by atoms with Crippen LogP contribution >= 0.6 is 11.6 Å². The summed E-state index contributed by atoms with van der Waals surface area (Å²) in [5.74, 6) is 1.39. The first-order chi connectivity index (χ1) is 20.8. The van der Waals surface area contributed by atoms with E-state index in [1.165, 1.54) is 59.5 Å². The number of rotatable bonds is 10. The molecule has 1 aliphatic heterocycles. The fraction of sp³-hybridized carbons (Fsp3) is 0.486. The van der Waals surface area contributed by atoms with E-state index in [0.717, 1.165) is 44.9 Å². The van der Waals surface area contributed by atoms with E-state index in [1.807, 2.05) is 12.1 Å². The van der Waals surface area contributed by atoms with Gasteiger partial charge in [-0.2, -0.15) is 0 Å². The van der Waals surface area contributed by atoms with E-state index < -0.39 is 0 Å². The molecular weight excluding hydrogens is 554 g/mol. The first kappa shape index (κ1) is 30.0. The lowest BCUT2D eigenvalue weighted by molar-refractivity contribution is 0.0929. The summed E-state index contributed by atoms with van der Waals surface area (Å²) in [6.07, 6.45) is 8.54. The van der Waals surface area contributed by atoms with Gasteiger partial charge in [0.15, 0.2) is 0 Å². The normalized spacial score (nSPS) is 17.2. The van der Waals surface area contributed by atoms with E-state index >= 15 is 0 Å². The molecule has 2 fully saturated rings. The molecule has 1 saturated heterocycles. The number of carbonyl (C=O) groups excluding carboxylic acids is 1. The van der Waals surface area contributed by atoms with Crippen molar-refractivity contribution < 1.29 is 9.53 Å². The zero-order valence-corrected chi connectivity index (χ0v) is 26.8. The number of benzene rings is 3. The molecule has 0 unspecified atom stereocenters. The highest BCUT2D eigenvalue weighted by molar-refractivity contribution is 6.32. The predicted molar refractivity (Wildman–Crippen MR) is 178 cm³/mol. The van der Waals surface area contributed by atoms with Gasteiger partial charge in [-0.25, -0.2) is 0 Å². The lowest BCUT2D eigenvalue weighted by Gasteiger charge is -2.32. The van der Waals surface area contributed by atoms with Gasteiger partial charge in [-0.1, -0.05) is 75.4 Å². The van der Waals surface area contributed by atoms with E-state index in [0.29, 0.717) is 22.9 Å². The maximum atomic E-state index is 12.9. The van der Waals surface area contributed by atoms with Crippen molar-refractivity contribution in [1.29, 1.82) is 0 Å². The zero-order chi connectivity index (χ0) is 30.0. The smallest absolute Gasteiger partial charge is 0.251 e. The summed E-state index contributed by atoms with van der Waals surface area (Å²) < 4.78 is 8.74. The first-order valence-corrected chi connectivity index (χ1v) is 16.6. The Morgan fingerprint density at radius 3 is 2.44 bits per heavy atom. The average molecular weight is 600 g/mol. The summed E-state index contributed by atoms with van der Waals surface area (Å²) in [5.41, 5.74) is 4.64. The van der Waals surface area contributed by atoms with E-state index in [4.69, 9.17) is 16.3 Å². The summed E-state index contributed by atoms with van der Waals surface area (Å²) >= 11 is 6.62. The number of hydrogen-bond donors (Lipinski definition) is 1. The Kier molecular flexibility index (Phi) is 9.02. The molecule has 0 radical (unpaired) electrons. The lowest BCUT2D eigenvalue weighted by Crippen LogP contribution is -2.37. The summed E-state index contributed by atoms with van der Waals surface area (Å²) in [7, 11) is 0. The molecule has 0 spiro atoms. The van der Waals surface area contributed by atoms with Gasteiger partial charge in [-0.3, -0.25) is 9.69 Å². The number of piperidine rings is 1. The van der Waals surface area contributed by atoms with Gasteiger partial charge < -0.3 is 14.6 Å². The SMILES string of the molecule is CCn1c2ccccc2c2cc(CN3CCC(Oc4ccc(C(=O)NCC(C)(C)CC5CCCC5)cc4Cl)CC3)ccc21. The third kappa shape index (κ3) is 6.89. The largest absolute Gasteiger partial charge is 0.489 e. The fourth-order valence-corrected chi connectivity index (χ4v) is 7.62. The van der Waals surface area contributed by atoms with Crippen LogP contribution in [0.2, 0.25) is 5.02 Å². The third-order valence-electron chi connectivity index (χ3n) is 9.62. The lowest BCUT2D eigenvalue weighted by atomic mass is 9.82. The second kappa shape index (κ2) is 12.9. The van der Waals surface area contributed by atoms with Crippen LogP contribution in [0, 0.1) is 11.3 Å². The number of nitrogens with one attached hydrogen (secondary N) is 1. The highest BCUT2D eigenvalue weighted by Gasteiger charge is 2.27. The third-order valence-corrected chi connectivity index (χ3v) is 9.92. The van der Waals surface area contributed by atoms with Gasteiger partial charge in [-0.05, 0) is 79.5 Å². The quantitative estimate of drug-likeness (QED) is 0.198. The molecule has 2 aliphatic rings. The van der Waals surface area contributed by atoms with E-state index in [1.54, 1.807) is 6.07 Å². The molecule has 6 heteroatoms. The van der Waals surface area contributed by atoms with Crippen LogP contribution in [0.4, 0.5) is 0 Å². The molecule has 1 amide bonds. The maximum absolute atomic E-state index is 12.9. The van der Waals surface area contributed by atoms with E-state index in [2.05, 4.69) is 78.0 Å². The van der Waals surface area contributed by atoms with Gasteiger partial charge in [0.2, 0.25) is 0 Å². The molecular formula is C37H46ClN3O2. The average Bonchev–Trinajstić information content (AvgIpc) is 3.63. The number of fused-ring (bicyclic) bond motifs is 3. The van der Waals surface area contributed by atoms with E-state index in [9.17, 15) is 4.79 Å². The van der Waals surface area contributed by atoms with Crippen LogP contribution in [0.15, 0.2) is 60.7 Å². The molecule has 3 aromatic carbocycles. The van der Waals surface area contributed by atoms with Crippen molar-refractivity contribution in [2.45, 2.75) is 84.9 Å². The molecule has 1 aliphatic carbocycles. The maximum Gasteiger partial charge on any atom is 0.251 e. The van der Waals surface area contributed by atoms with Crippen molar-refractivity contribution in [3.63, 3.8) is 0 Å². The summed E-state index contributed by atoms with van der Waals surface area (Å²) in [4.78, 5) is 15.4. The minimum atomic E-state index is -0.0706. The Morgan fingerprint density at radius 2 is 1.70 bits per heavy atom. The van der Waals surface area contributed by atoms with Crippen LogP contribution in [-0.2, 0) is 13.1 Å². The number of halogens is 1. The molecule has 2 heterocycles. The molecule has 1 aromatic heterocycles. The van der Waals surface area contributed by atoms with Crippen LogP contribution in [0.25, 0.3) is 21.8 Å². The van der Waals surface area contributed by atoms with Gasteiger partial charge in [0.1, 0.15) is 11.9 Å². The van der Waals surface area contributed by atoms with Crippen molar-refractivity contribution >= 4 is 39.3 Å². The van der Waals surface area contributed by atoms with Crippen LogP contribution in [0.5, 0.6) is 5.75 Å². The van der Waals surface area contributed by atoms with Gasteiger partial charge in [0.25, 0.3) is 5.91 Å². The van der Waals surface area contributed by atoms with Crippen LogP contribution in [0.3, 0.4) is 0 Å². The molecule has 0 bridgehead atoms. The second-order valence-electron chi connectivity index (χ2n) is 13.6. The number of carbonyl (C=O) groups is 1. The monoisotopic (exact) mass is 599 g/mol. The Balaban J connectivity index is 1.01. The number of nitrogens with zero attached hydrogens (tertiary/aromatic N) is 2. The topological polar surface area (TPSA) is 46.5 Å². The van der Waals surface area contributed by atoms with Crippen molar-refractivity contribution in [2.24, 2.45) is 11.3 Å². The number of amides is 1. The Bertz CT molecular complexity index is 1580. The first-order valence-electron chi connectivity index (χ1n) is 16.3. The van der Waals surface area contributed by atoms with Crippen LogP contribution in [-0.4, -0.2) is 41.1 Å². The number of para-hydroxylation sites is 1. The molecule has 1 N–H and O–H groups in total. The minimum absolute atomic E-state index is 0.0706. The summed E-state index contributed by atoms with van der Waals surface area (Å²) in [6.45, 7) is 11.3. The van der Waals surface area contributed by atoms with Crippen molar-refractivity contribution in [2.75, 3.05) is 19.6 Å². The Hall–Kier alpha value is -3.02. The molecule has 5 nitrogen and oxygen atoms in total. The fourth-order valence-electron chi connectivity index (χ4n) is 7.39. The zero-order valence-electron chi connectivity index (χ0n) is 26.0. The van der Waals surface area contributed by atoms with Crippen molar-refractivity contribution in [3.8, 4) is 5.75 Å². The molecule has 1 saturated carbocycles. The van der Waals surface area contributed by atoms with Gasteiger partial charge in [-0.15, -0.1) is 0 Å². The highest BCUT2D eigenvalue weighted by Crippen LogP contribution is 2.36. The van der Waals surface area contributed by atoms with Crippen LogP contribution < -0.4 is 10.1 Å². The van der Waals surface area contributed by atoms with Gasteiger partial charge in [0.05, 0.1) is 5.02 Å². The van der Waals surface area contributed by atoms with Gasteiger partial charge in [0, 0.05) is 60.1 Å². The van der Waals surface area contributed by atoms with E-state index in [-0.39, 0.29) is 17.4 Å². The Morgan fingerprint density at radius 1 is 0.953 bits per heavy atom. The number of aryl methyl sites for hydroxylation is 1. The number of ether oxygens (including phenoxy) is 1. The van der Waals surface area contributed by atoms with Crippen LogP contribution in [0.1, 0.15) is 81.6 Å². The summed E-state index contributed by atoms with van der Waals surface area (Å²) in [6, 6.07) is 21.1. The van der Waals surface area contributed by atoms with Gasteiger partial charge >= 0.3 is 0 Å². The molecule has 4 aromatic rings. The highest BCUT2D eigenvalue weighted by atomic mass is 35.5. The number of likely N-dealkylation sites (tertiary alicyclic amines) is 1. The molecule has 43 heavy (non-hydrogen) atoms. The summed E-state index contributed by atoms with van der Waals surface area (Å²) in [5, 5.41) is 6.31. The second-order valence-corrected chi connectivity index (χ2v) is 14.0. The number of aromatic nitrogens is 1. The molecule has 228 valence electrons. The predicted octanol–water partition coefficient (Wildman–Crippen LogP) is 8.85.